The third-order valence-electron chi connectivity index (χ3n) is 1.69. The Hall–Kier alpha value is 0.0969. The molecule has 0 aliphatic carbocycles. The highest BCUT2D eigenvalue weighted by Crippen LogP contribution is 2.30. The van der Waals surface area contributed by atoms with Gasteiger partial charge in [-0.3, -0.25) is 0 Å². The Bertz CT molecular complexity index is 328. The Morgan fingerprint density at radius 3 is 1.80 bits per heavy atom. The third-order valence-corrected chi connectivity index (χ3v) is 3.70. The molecule has 0 spiro atoms. The van der Waals surface area contributed by atoms with E-state index in [2.05, 4.69) is 0 Å². The second kappa shape index (κ2) is 4.53. The molecule has 1 rings (SSSR count). The van der Waals surface area contributed by atoms with Crippen molar-refractivity contribution in [2.45, 2.75) is 12.2 Å². The summed E-state index contributed by atoms with van der Waals surface area (Å²) in [5, 5.41) is 0. The lowest BCUT2D eigenvalue weighted by Gasteiger charge is -2.10. The summed E-state index contributed by atoms with van der Waals surface area (Å²) in [6.07, 6.45) is -4.32. The van der Waals surface area contributed by atoms with Gasteiger partial charge in [-0.2, -0.15) is 13.2 Å². The fourth-order valence-electron chi connectivity index (χ4n) is 1.04. The van der Waals surface area contributed by atoms with Crippen LogP contribution in [0.5, 0.6) is 0 Å². The van der Waals surface area contributed by atoms with E-state index in [1.165, 1.54) is 12.1 Å². The van der Waals surface area contributed by atoms with Gasteiger partial charge in [-0.05, 0) is 17.7 Å². The second-order valence-corrected chi connectivity index (χ2v) is 12.1. The van der Waals surface area contributed by atoms with Crippen LogP contribution in [0.15, 0.2) is 24.3 Å². The SMILES string of the molecule is FC(F)(F)c1ccc(C[Si](Cl)(Cl)Cl)cc1. The highest BCUT2D eigenvalue weighted by atomic mass is 35.8. The Balaban J connectivity index is 2.82. The molecule has 0 saturated carbocycles. The molecule has 84 valence electrons. The Kier molecular flexibility index (Phi) is 3.98. The summed E-state index contributed by atoms with van der Waals surface area (Å²) >= 11 is 16.9. The predicted octanol–water partition coefficient (Wildman–Crippen LogP) is 4.44. The Morgan fingerprint density at radius 1 is 1.00 bits per heavy atom. The van der Waals surface area contributed by atoms with E-state index < -0.39 is 17.7 Å². The molecule has 0 unspecified atom stereocenters. The van der Waals surface area contributed by atoms with Crippen molar-refractivity contribution in [3.8, 4) is 0 Å². The molecular formula is C8H6Cl3F3Si. The van der Waals surface area contributed by atoms with E-state index >= 15 is 0 Å². The van der Waals surface area contributed by atoms with Crippen molar-refractivity contribution in [3.63, 3.8) is 0 Å². The normalized spacial score (nSPS) is 12.9. The number of rotatable bonds is 2. The molecule has 0 heterocycles. The lowest BCUT2D eigenvalue weighted by atomic mass is 10.1. The van der Waals surface area contributed by atoms with Crippen molar-refractivity contribution >= 4 is 39.2 Å². The molecule has 0 atom stereocenters. The Labute approximate surface area is 100 Å². The smallest absolute Gasteiger partial charge is 0.166 e. The van der Waals surface area contributed by atoms with Gasteiger partial charge in [-0.1, -0.05) is 12.1 Å². The molecule has 0 bridgehead atoms. The minimum absolute atomic E-state index is 0.218. The second-order valence-electron chi connectivity index (χ2n) is 2.99. The molecule has 7 heteroatoms. The maximum Gasteiger partial charge on any atom is 0.416 e. The average Bonchev–Trinajstić information content (AvgIpc) is 2.00. The van der Waals surface area contributed by atoms with E-state index in [1.807, 2.05) is 0 Å². The highest BCUT2D eigenvalue weighted by Gasteiger charge is 2.30. The summed E-state index contributed by atoms with van der Waals surface area (Å²) < 4.78 is 36.6. The molecule has 0 fully saturated rings. The third kappa shape index (κ3) is 4.63. The molecule has 0 aliphatic heterocycles. The van der Waals surface area contributed by atoms with Crippen molar-refractivity contribution in [3.05, 3.63) is 35.4 Å². The number of hydrogen-bond donors (Lipinski definition) is 0. The number of alkyl halides is 3. The van der Waals surface area contributed by atoms with Crippen molar-refractivity contribution < 1.29 is 13.2 Å². The molecule has 0 radical (unpaired) electrons. The molecular weight excluding hydrogens is 288 g/mol. The van der Waals surface area contributed by atoms with Gasteiger partial charge < -0.3 is 0 Å². The lowest BCUT2D eigenvalue weighted by molar-refractivity contribution is -0.137. The predicted molar refractivity (Wildman–Crippen MR) is 58.5 cm³/mol. The van der Waals surface area contributed by atoms with E-state index in [1.54, 1.807) is 0 Å². The van der Waals surface area contributed by atoms with Crippen molar-refractivity contribution in [2.24, 2.45) is 0 Å². The van der Waals surface area contributed by atoms with Crippen molar-refractivity contribution in [1.29, 1.82) is 0 Å². The number of benzene rings is 1. The first kappa shape index (κ1) is 13.2. The van der Waals surface area contributed by atoms with Gasteiger partial charge in [0.2, 0.25) is 0 Å². The number of halogens is 6. The largest absolute Gasteiger partial charge is 0.416 e. The van der Waals surface area contributed by atoms with E-state index in [9.17, 15) is 13.2 Å². The average molecular weight is 294 g/mol. The summed E-state index contributed by atoms with van der Waals surface area (Å²) in [6.45, 7) is 0. The minimum Gasteiger partial charge on any atom is -0.166 e. The van der Waals surface area contributed by atoms with Gasteiger partial charge in [0, 0.05) is 6.04 Å². The molecule has 0 amide bonds. The molecule has 0 aliphatic rings. The lowest BCUT2D eigenvalue weighted by Crippen LogP contribution is -2.14. The van der Waals surface area contributed by atoms with Gasteiger partial charge in [0.1, 0.15) is 0 Å². The fraction of sp³-hybridized carbons (Fsp3) is 0.250. The van der Waals surface area contributed by atoms with Crippen LogP contribution in [0.1, 0.15) is 11.1 Å². The van der Waals surface area contributed by atoms with Crippen molar-refractivity contribution in [1.82, 2.24) is 0 Å². The summed E-state index contributed by atoms with van der Waals surface area (Å²) in [5.41, 5.74) is -0.0908. The number of hydrogen-bond acceptors (Lipinski definition) is 0. The maximum absolute atomic E-state index is 12.2. The fourth-order valence-corrected chi connectivity index (χ4v) is 3.13. The van der Waals surface area contributed by atoms with Crippen LogP contribution < -0.4 is 0 Å². The first-order valence-electron chi connectivity index (χ1n) is 3.91. The monoisotopic (exact) mass is 292 g/mol. The molecule has 0 nitrogen and oxygen atoms in total. The molecule has 0 aromatic heterocycles. The highest BCUT2D eigenvalue weighted by molar-refractivity contribution is 7.64. The Morgan fingerprint density at radius 2 is 1.47 bits per heavy atom. The maximum atomic E-state index is 12.2. The zero-order chi connectivity index (χ0) is 11.7. The van der Waals surface area contributed by atoms with Gasteiger partial charge in [0.25, 0.3) is 0 Å². The zero-order valence-corrected chi connectivity index (χ0v) is 10.6. The van der Waals surface area contributed by atoms with E-state index in [0.717, 1.165) is 12.1 Å². The standard InChI is InChI=1S/C8H6Cl3F3Si/c9-15(10,11)5-6-1-3-7(4-2-6)8(12,13)14/h1-4H,5H2. The van der Waals surface area contributed by atoms with E-state index in [0.29, 0.717) is 5.56 Å². The van der Waals surface area contributed by atoms with Gasteiger partial charge in [0.15, 0.2) is 0 Å². The zero-order valence-electron chi connectivity index (χ0n) is 7.28. The first-order valence-corrected chi connectivity index (χ1v) is 9.16. The summed E-state index contributed by atoms with van der Waals surface area (Å²) in [6, 6.07) is 2.03. The van der Waals surface area contributed by atoms with Crippen LogP contribution in [-0.2, 0) is 12.2 Å². The van der Waals surface area contributed by atoms with Crippen molar-refractivity contribution in [2.75, 3.05) is 0 Å². The molecule has 1 aromatic rings. The summed E-state index contributed by atoms with van der Waals surface area (Å²) in [4.78, 5) is 0. The van der Waals surface area contributed by atoms with E-state index in [-0.39, 0.29) is 6.04 Å². The summed E-state index contributed by atoms with van der Waals surface area (Å²) in [7, 11) is 0. The van der Waals surface area contributed by atoms with Crippen LogP contribution >= 0.6 is 33.2 Å². The van der Waals surface area contributed by atoms with Gasteiger partial charge in [-0.25, -0.2) is 0 Å². The minimum atomic E-state index is -4.32. The van der Waals surface area contributed by atoms with Crippen LogP contribution in [0.25, 0.3) is 0 Å². The molecule has 0 saturated heterocycles. The van der Waals surface area contributed by atoms with Gasteiger partial charge in [0.05, 0.1) is 5.56 Å². The van der Waals surface area contributed by atoms with E-state index in [4.69, 9.17) is 33.2 Å². The quantitative estimate of drug-likeness (QED) is 0.558. The topological polar surface area (TPSA) is 0 Å². The van der Waals surface area contributed by atoms with Crippen LogP contribution in [-0.4, -0.2) is 6.00 Å². The van der Waals surface area contributed by atoms with Gasteiger partial charge in [-0.15, -0.1) is 33.2 Å². The summed E-state index contributed by atoms with van der Waals surface area (Å²) in [5.74, 6) is 0. The molecule has 15 heavy (non-hydrogen) atoms. The molecule has 0 N–H and O–H groups in total. The van der Waals surface area contributed by atoms with Crippen LogP contribution in [0.4, 0.5) is 13.2 Å². The molecule has 1 aromatic carbocycles. The van der Waals surface area contributed by atoms with Gasteiger partial charge >= 0.3 is 12.2 Å². The first-order chi connectivity index (χ1) is 6.68. The van der Waals surface area contributed by atoms with Crippen LogP contribution in [0.3, 0.4) is 0 Å². The van der Waals surface area contributed by atoms with Crippen LogP contribution in [0, 0.1) is 0 Å². The van der Waals surface area contributed by atoms with Crippen LogP contribution in [0.2, 0.25) is 0 Å².